The third-order valence-electron chi connectivity index (χ3n) is 5.70. The molecule has 1 heterocycles. The summed E-state index contributed by atoms with van der Waals surface area (Å²) in [5, 5.41) is 1.97. The van der Waals surface area contributed by atoms with Crippen LogP contribution >= 0.6 is 0 Å². The van der Waals surface area contributed by atoms with Gasteiger partial charge >= 0.3 is 5.69 Å². The summed E-state index contributed by atoms with van der Waals surface area (Å²) in [6, 6.07) is 16.2. The van der Waals surface area contributed by atoms with Gasteiger partial charge in [-0.2, -0.15) is 0 Å². The Morgan fingerprint density at radius 3 is 2.45 bits per heavy atom. The molecule has 1 N–H and O–H groups in total. The number of aromatic amines is 1. The van der Waals surface area contributed by atoms with Crippen LogP contribution in [0.1, 0.15) is 46.9 Å². The van der Waals surface area contributed by atoms with Crippen molar-refractivity contribution in [3.8, 4) is 0 Å². The zero-order valence-corrected chi connectivity index (χ0v) is 18.2. The lowest BCUT2D eigenvalue weighted by atomic mass is 9.95. The molecule has 168 valence electrons. The molecule has 33 heavy (non-hydrogen) atoms. The molecule has 0 aliphatic rings. The molecule has 0 atom stereocenters. The summed E-state index contributed by atoms with van der Waals surface area (Å²) in [5.74, 6) is -2.74. The van der Waals surface area contributed by atoms with Crippen molar-refractivity contribution in [2.75, 3.05) is 0 Å². The van der Waals surface area contributed by atoms with E-state index in [1.807, 2.05) is 56.3 Å². The van der Waals surface area contributed by atoms with Crippen LogP contribution in [0.3, 0.4) is 0 Å². The number of nitrogens with one attached hydrogen (secondary N) is 1. The maximum absolute atomic E-state index is 14.2. The van der Waals surface area contributed by atoms with E-state index in [9.17, 15) is 23.2 Å². The van der Waals surface area contributed by atoms with Crippen molar-refractivity contribution in [2.45, 2.75) is 32.7 Å². The number of hydrogen-bond acceptors (Lipinski definition) is 3. The zero-order chi connectivity index (χ0) is 23.7. The predicted molar refractivity (Wildman–Crippen MR) is 123 cm³/mol. The molecule has 0 spiro atoms. The highest BCUT2D eigenvalue weighted by Gasteiger charge is 2.22. The minimum atomic E-state index is -1.00. The van der Waals surface area contributed by atoms with E-state index >= 15 is 0 Å². The lowest BCUT2D eigenvalue weighted by Crippen LogP contribution is -2.37. The molecule has 0 bridgehead atoms. The van der Waals surface area contributed by atoms with Crippen molar-refractivity contribution in [2.24, 2.45) is 0 Å². The highest BCUT2D eigenvalue weighted by Crippen LogP contribution is 2.24. The van der Waals surface area contributed by atoms with E-state index in [4.69, 9.17) is 0 Å². The van der Waals surface area contributed by atoms with Gasteiger partial charge in [0.05, 0.1) is 12.1 Å². The van der Waals surface area contributed by atoms with Crippen LogP contribution in [0, 0.1) is 11.6 Å². The van der Waals surface area contributed by atoms with E-state index in [-0.39, 0.29) is 17.9 Å². The minimum absolute atomic E-state index is 0.229. The van der Waals surface area contributed by atoms with Gasteiger partial charge < -0.3 is 0 Å². The van der Waals surface area contributed by atoms with E-state index in [1.54, 1.807) is 0 Å². The monoisotopic (exact) mass is 448 g/mol. The molecule has 0 aliphatic carbocycles. The van der Waals surface area contributed by atoms with Crippen LogP contribution in [0.4, 0.5) is 8.78 Å². The van der Waals surface area contributed by atoms with Crippen LogP contribution in [-0.2, 0) is 13.0 Å². The Labute approximate surface area is 188 Å². The zero-order valence-electron chi connectivity index (χ0n) is 18.2. The molecule has 0 saturated heterocycles. The Hall–Kier alpha value is -3.87. The first kappa shape index (κ1) is 22.3. The van der Waals surface area contributed by atoms with Crippen LogP contribution in [0.25, 0.3) is 10.8 Å². The number of Topliss-reactive ketones (excluding diaryl/α,β-unsaturated/α-hetero) is 1. The predicted octanol–water partition coefficient (Wildman–Crippen LogP) is 4.57. The first-order chi connectivity index (χ1) is 15.8. The molecule has 7 heteroatoms. The van der Waals surface area contributed by atoms with Crippen molar-refractivity contribution in [3.63, 3.8) is 0 Å². The number of fused-ring (bicyclic) bond motifs is 1. The number of benzene rings is 3. The second-order valence-electron chi connectivity index (χ2n) is 8.22. The van der Waals surface area contributed by atoms with E-state index in [0.717, 1.165) is 28.5 Å². The quantitative estimate of drug-likeness (QED) is 0.440. The molecule has 5 nitrogen and oxygen atoms in total. The maximum atomic E-state index is 14.2. The summed E-state index contributed by atoms with van der Waals surface area (Å²) in [5.41, 5.74) is 0.0733. The molecule has 0 radical (unpaired) electrons. The van der Waals surface area contributed by atoms with Gasteiger partial charge in [0, 0.05) is 23.7 Å². The lowest BCUT2D eigenvalue weighted by molar-refractivity contribution is 0.0965. The number of H-pyrrole nitrogens is 1. The topological polar surface area (TPSA) is 71.9 Å². The Morgan fingerprint density at radius 1 is 1.00 bits per heavy atom. The summed E-state index contributed by atoms with van der Waals surface area (Å²) >= 11 is 0. The summed E-state index contributed by atoms with van der Waals surface area (Å²) in [6.07, 6.45) is 0.229. The molecule has 4 rings (SSSR count). The third kappa shape index (κ3) is 4.39. The average Bonchev–Trinajstić information content (AvgIpc) is 2.76. The average molecular weight is 448 g/mol. The summed E-state index contributed by atoms with van der Waals surface area (Å²) in [6.45, 7) is 3.17. The van der Waals surface area contributed by atoms with Crippen LogP contribution in [-0.4, -0.2) is 15.3 Å². The number of carbonyl (C=O) groups excluding carboxylic acids is 1. The highest BCUT2D eigenvalue weighted by molar-refractivity contribution is 5.96. The number of halogens is 2. The van der Waals surface area contributed by atoms with Gasteiger partial charge in [0.2, 0.25) is 0 Å². The highest BCUT2D eigenvalue weighted by atomic mass is 19.1. The number of hydrogen-bond donors (Lipinski definition) is 1. The number of aromatic nitrogens is 2. The van der Waals surface area contributed by atoms with Gasteiger partial charge in [-0.25, -0.2) is 13.6 Å². The summed E-state index contributed by atoms with van der Waals surface area (Å²) < 4.78 is 28.7. The Kier molecular flexibility index (Phi) is 6.05. The Balaban J connectivity index is 1.87. The lowest BCUT2D eigenvalue weighted by Gasteiger charge is -2.19. The normalized spacial score (nSPS) is 11.3. The maximum Gasteiger partial charge on any atom is 0.328 e. The van der Waals surface area contributed by atoms with E-state index in [1.165, 1.54) is 4.57 Å². The third-order valence-corrected chi connectivity index (χ3v) is 5.70. The van der Waals surface area contributed by atoms with E-state index < -0.39 is 35.2 Å². The number of nitrogens with zero attached hydrogens (tertiary/aromatic N) is 1. The fourth-order valence-corrected chi connectivity index (χ4v) is 4.16. The number of rotatable bonds is 6. The summed E-state index contributed by atoms with van der Waals surface area (Å²) in [4.78, 5) is 40.6. The molecule has 4 aromatic rings. The van der Waals surface area contributed by atoms with Crippen molar-refractivity contribution in [1.29, 1.82) is 0 Å². The van der Waals surface area contributed by atoms with Crippen molar-refractivity contribution >= 4 is 16.6 Å². The molecule has 0 saturated carbocycles. The molecular weight excluding hydrogens is 426 g/mol. The fourth-order valence-electron chi connectivity index (χ4n) is 4.16. The van der Waals surface area contributed by atoms with Crippen LogP contribution < -0.4 is 11.2 Å². The van der Waals surface area contributed by atoms with Crippen molar-refractivity contribution in [3.05, 3.63) is 116 Å². The second kappa shape index (κ2) is 8.94. The van der Waals surface area contributed by atoms with Gasteiger partial charge in [-0.1, -0.05) is 56.3 Å². The molecule has 0 amide bonds. The van der Waals surface area contributed by atoms with Gasteiger partial charge in [-0.05, 0) is 34.4 Å². The largest absolute Gasteiger partial charge is 0.328 e. The standard InChI is InChI=1S/C26H22F2N2O3/c1-15(2)24-22(12-17-8-5-7-16-6-3-4-9-19(16)17)30(26(33)29-25(24)32)14-23(31)20-11-10-18(27)13-21(20)28/h3-11,13,15H,12,14H2,1-2H3,(H,29,32,33). The van der Waals surface area contributed by atoms with Gasteiger partial charge in [-0.3, -0.25) is 19.1 Å². The summed E-state index contributed by atoms with van der Waals surface area (Å²) in [7, 11) is 0. The van der Waals surface area contributed by atoms with Gasteiger partial charge in [0.1, 0.15) is 11.6 Å². The fraction of sp³-hybridized carbons (Fsp3) is 0.192. The number of ketones is 1. The van der Waals surface area contributed by atoms with Crippen molar-refractivity contribution in [1.82, 2.24) is 9.55 Å². The smallest absolute Gasteiger partial charge is 0.292 e. The molecule has 0 aliphatic heterocycles. The Bertz CT molecular complexity index is 1480. The minimum Gasteiger partial charge on any atom is -0.292 e. The van der Waals surface area contributed by atoms with Gasteiger partial charge in [0.15, 0.2) is 5.78 Å². The molecule has 0 fully saturated rings. The molecule has 0 unspecified atom stereocenters. The Morgan fingerprint density at radius 2 is 1.73 bits per heavy atom. The molecule has 1 aromatic heterocycles. The van der Waals surface area contributed by atoms with Crippen molar-refractivity contribution < 1.29 is 13.6 Å². The van der Waals surface area contributed by atoms with Gasteiger partial charge in [-0.15, -0.1) is 0 Å². The van der Waals surface area contributed by atoms with E-state index in [0.29, 0.717) is 17.3 Å². The van der Waals surface area contributed by atoms with Crippen LogP contribution in [0.5, 0.6) is 0 Å². The molecule has 3 aromatic carbocycles. The SMILES string of the molecule is CC(C)c1c(Cc2cccc3ccccc23)n(CC(=O)c2ccc(F)cc2F)c(=O)[nH]c1=O. The molecular formula is C26H22F2N2O3. The van der Waals surface area contributed by atoms with Crippen LogP contribution in [0.2, 0.25) is 0 Å². The van der Waals surface area contributed by atoms with E-state index in [2.05, 4.69) is 4.98 Å². The van der Waals surface area contributed by atoms with Gasteiger partial charge in [0.25, 0.3) is 5.56 Å². The van der Waals surface area contributed by atoms with Crippen LogP contribution in [0.15, 0.2) is 70.3 Å². The number of carbonyl (C=O) groups is 1. The first-order valence-electron chi connectivity index (χ1n) is 10.6. The first-order valence-corrected chi connectivity index (χ1v) is 10.6. The second-order valence-corrected chi connectivity index (χ2v) is 8.22.